The number of anilines is 1. The summed E-state index contributed by atoms with van der Waals surface area (Å²) >= 11 is 0. The molecule has 2 amide bonds. The quantitative estimate of drug-likeness (QED) is 0.510. The van der Waals surface area contributed by atoms with Gasteiger partial charge in [0.1, 0.15) is 12.1 Å². The second-order valence-electron chi connectivity index (χ2n) is 5.20. The topological polar surface area (TPSA) is 116 Å². The fraction of sp³-hybridized carbons (Fsp3) is 0.357. The highest BCUT2D eigenvalue weighted by Crippen LogP contribution is 2.25. The van der Waals surface area contributed by atoms with Gasteiger partial charge in [-0.25, -0.2) is 0 Å². The van der Waals surface area contributed by atoms with Crippen molar-refractivity contribution in [3.05, 3.63) is 33.9 Å². The van der Waals surface area contributed by atoms with Gasteiger partial charge in [0.15, 0.2) is 0 Å². The Morgan fingerprint density at radius 1 is 1.45 bits per heavy atom. The van der Waals surface area contributed by atoms with E-state index in [1.54, 1.807) is 13.8 Å². The van der Waals surface area contributed by atoms with Crippen LogP contribution in [0.2, 0.25) is 0 Å². The second kappa shape index (κ2) is 5.81. The SMILES string of the molecule is CC(C)N1C(=O)CC(Nc2ccc([N+](=O)[O-])cc2C#N)C1=O. The number of amides is 2. The average Bonchev–Trinajstić information content (AvgIpc) is 2.73. The van der Waals surface area contributed by atoms with Gasteiger partial charge in [-0.05, 0) is 19.9 Å². The molecule has 22 heavy (non-hydrogen) atoms. The molecule has 1 aromatic carbocycles. The Morgan fingerprint density at radius 2 is 2.14 bits per heavy atom. The van der Waals surface area contributed by atoms with Crippen molar-refractivity contribution in [2.75, 3.05) is 5.32 Å². The smallest absolute Gasteiger partial charge is 0.270 e. The first-order valence-corrected chi connectivity index (χ1v) is 6.66. The summed E-state index contributed by atoms with van der Waals surface area (Å²) in [6, 6.07) is 4.59. The molecule has 8 nitrogen and oxygen atoms in total. The van der Waals surface area contributed by atoms with E-state index in [9.17, 15) is 19.7 Å². The van der Waals surface area contributed by atoms with Crippen molar-refractivity contribution in [3.8, 4) is 6.07 Å². The largest absolute Gasteiger partial charge is 0.372 e. The van der Waals surface area contributed by atoms with Crippen molar-refractivity contribution in [2.24, 2.45) is 0 Å². The molecule has 1 heterocycles. The van der Waals surface area contributed by atoms with E-state index < -0.39 is 11.0 Å². The summed E-state index contributed by atoms with van der Waals surface area (Å²) in [6.45, 7) is 3.48. The van der Waals surface area contributed by atoms with Crippen LogP contribution in [0.1, 0.15) is 25.8 Å². The molecule has 1 unspecified atom stereocenters. The summed E-state index contributed by atoms with van der Waals surface area (Å²) < 4.78 is 0. The molecule has 2 rings (SSSR count). The molecule has 114 valence electrons. The monoisotopic (exact) mass is 302 g/mol. The van der Waals surface area contributed by atoms with Gasteiger partial charge in [0, 0.05) is 18.2 Å². The number of hydrogen-bond donors (Lipinski definition) is 1. The average molecular weight is 302 g/mol. The van der Waals surface area contributed by atoms with Gasteiger partial charge in [0.05, 0.1) is 22.6 Å². The summed E-state index contributed by atoms with van der Waals surface area (Å²) in [5.74, 6) is -0.639. The van der Waals surface area contributed by atoms with Crippen LogP contribution in [0.4, 0.5) is 11.4 Å². The predicted molar refractivity (Wildman–Crippen MR) is 76.8 cm³/mol. The molecule has 1 saturated heterocycles. The molecule has 1 aromatic rings. The maximum Gasteiger partial charge on any atom is 0.270 e. The number of nitro benzene ring substituents is 1. The predicted octanol–water partition coefficient (Wildman–Crippen LogP) is 1.41. The van der Waals surface area contributed by atoms with E-state index in [0.717, 1.165) is 6.07 Å². The Labute approximate surface area is 126 Å². The first-order chi connectivity index (χ1) is 10.3. The van der Waals surface area contributed by atoms with Gasteiger partial charge in [0.25, 0.3) is 11.6 Å². The van der Waals surface area contributed by atoms with E-state index in [0.29, 0.717) is 5.69 Å². The van der Waals surface area contributed by atoms with E-state index in [4.69, 9.17) is 5.26 Å². The zero-order valence-electron chi connectivity index (χ0n) is 12.1. The third kappa shape index (κ3) is 2.74. The zero-order chi connectivity index (χ0) is 16.4. The number of rotatable bonds is 4. The molecule has 1 aliphatic rings. The van der Waals surface area contributed by atoms with E-state index in [1.165, 1.54) is 17.0 Å². The molecule has 0 radical (unpaired) electrons. The number of non-ortho nitro benzene ring substituents is 1. The lowest BCUT2D eigenvalue weighted by atomic mass is 10.1. The highest BCUT2D eigenvalue weighted by Gasteiger charge is 2.40. The molecular weight excluding hydrogens is 288 g/mol. The van der Waals surface area contributed by atoms with Crippen LogP contribution >= 0.6 is 0 Å². The number of carbonyl (C=O) groups excluding carboxylic acids is 2. The van der Waals surface area contributed by atoms with Gasteiger partial charge in [-0.2, -0.15) is 5.26 Å². The lowest BCUT2D eigenvalue weighted by Crippen LogP contribution is -2.39. The first kappa shape index (κ1) is 15.4. The number of hydrogen-bond acceptors (Lipinski definition) is 6. The maximum atomic E-state index is 12.2. The Balaban J connectivity index is 2.25. The Bertz CT molecular complexity index is 693. The summed E-state index contributed by atoms with van der Waals surface area (Å²) in [5, 5.41) is 22.6. The van der Waals surface area contributed by atoms with Crippen LogP contribution in [-0.2, 0) is 9.59 Å². The number of carbonyl (C=O) groups is 2. The molecule has 0 aromatic heterocycles. The molecule has 1 atom stereocenters. The van der Waals surface area contributed by atoms with E-state index >= 15 is 0 Å². The zero-order valence-corrected chi connectivity index (χ0v) is 12.1. The van der Waals surface area contributed by atoms with E-state index in [2.05, 4.69) is 5.32 Å². The lowest BCUT2D eigenvalue weighted by molar-refractivity contribution is -0.384. The van der Waals surface area contributed by atoms with Crippen LogP contribution in [0, 0.1) is 21.4 Å². The number of nitrogens with zero attached hydrogens (tertiary/aromatic N) is 3. The lowest BCUT2D eigenvalue weighted by Gasteiger charge is -2.19. The minimum Gasteiger partial charge on any atom is -0.372 e. The number of benzene rings is 1. The Hall–Kier alpha value is -2.95. The van der Waals surface area contributed by atoms with Crippen molar-refractivity contribution in [3.63, 3.8) is 0 Å². The molecule has 0 bridgehead atoms. The number of nitro groups is 1. The van der Waals surface area contributed by atoms with E-state index in [1.807, 2.05) is 6.07 Å². The summed E-state index contributed by atoms with van der Waals surface area (Å²) in [5.41, 5.74) is 0.141. The highest BCUT2D eigenvalue weighted by molar-refractivity contribution is 6.07. The first-order valence-electron chi connectivity index (χ1n) is 6.66. The van der Waals surface area contributed by atoms with Crippen LogP contribution in [0.5, 0.6) is 0 Å². The standard InChI is InChI=1S/C14H14N4O4/c1-8(2)17-13(19)6-12(14(17)20)16-11-4-3-10(18(21)22)5-9(11)7-15/h3-5,8,12,16H,6H2,1-2H3. The van der Waals surface area contributed by atoms with Crippen LogP contribution in [0.3, 0.4) is 0 Å². The normalized spacial score (nSPS) is 17.7. The van der Waals surface area contributed by atoms with Crippen molar-refractivity contribution >= 4 is 23.2 Å². The summed E-state index contributed by atoms with van der Waals surface area (Å²) in [4.78, 5) is 35.3. The number of imide groups is 1. The molecular formula is C14H14N4O4. The van der Waals surface area contributed by atoms with Crippen LogP contribution < -0.4 is 5.32 Å². The maximum absolute atomic E-state index is 12.2. The summed E-state index contributed by atoms with van der Waals surface area (Å²) in [6.07, 6.45) is -0.00112. The van der Waals surface area contributed by atoms with Crippen molar-refractivity contribution in [1.29, 1.82) is 5.26 Å². The molecule has 1 N–H and O–H groups in total. The Kier molecular flexibility index (Phi) is 4.08. The van der Waals surface area contributed by atoms with Gasteiger partial charge in [-0.1, -0.05) is 0 Å². The van der Waals surface area contributed by atoms with Gasteiger partial charge < -0.3 is 5.32 Å². The van der Waals surface area contributed by atoms with Crippen molar-refractivity contribution in [1.82, 2.24) is 4.90 Å². The van der Waals surface area contributed by atoms with Gasteiger partial charge in [-0.3, -0.25) is 24.6 Å². The molecule has 1 fully saturated rings. The Morgan fingerprint density at radius 3 is 2.64 bits per heavy atom. The molecule has 0 spiro atoms. The highest BCUT2D eigenvalue weighted by atomic mass is 16.6. The van der Waals surface area contributed by atoms with E-state index in [-0.39, 0.29) is 35.5 Å². The molecule has 1 aliphatic heterocycles. The fourth-order valence-corrected chi connectivity index (χ4v) is 2.36. The summed E-state index contributed by atoms with van der Waals surface area (Å²) in [7, 11) is 0. The number of nitrogens with one attached hydrogen (secondary N) is 1. The molecule has 8 heteroatoms. The van der Waals surface area contributed by atoms with Gasteiger partial charge in [0.2, 0.25) is 5.91 Å². The second-order valence-corrected chi connectivity index (χ2v) is 5.20. The molecule has 0 saturated carbocycles. The van der Waals surface area contributed by atoms with Crippen LogP contribution in [-0.4, -0.2) is 33.7 Å². The third-order valence-corrected chi connectivity index (χ3v) is 3.36. The number of likely N-dealkylation sites (tertiary alicyclic amines) is 1. The number of nitriles is 1. The van der Waals surface area contributed by atoms with Crippen LogP contribution in [0.25, 0.3) is 0 Å². The minimum atomic E-state index is -0.761. The van der Waals surface area contributed by atoms with Gasteiger partial charge >= 0.3 is 0 Å². The fourth-order valence-electron chi connectivity index (χ4n) is 2.36. The van der Waals surface area contributed by atoms with Crippen molar-refractivity contribution < 1.29 is 14.5 Å². The third-order valence-electron chi connectivity index (χ3n) is 3.36. The van der Waals surface area contributed by atoms with Crippen molar-refractivity contribution in [2.45, 2.75) is 32.4 Å². The minimum absolute atomic E-state index is 0.00112. The molecule has 0 aliphatic carbocycles. The van der Waals surface area contributed by atoms with Gasteiger partial charge in [-0.15, -0.1) is 0 Å². The van der Waals surface area contributed by atoms with Crippen LogP contribution in [0.15, 0.2) is 18.2 Å².